The number of allylic oxidation sites excluding steroid dienone is 1. The zero-order valence-corrected chi connectivity index (χ0v) is 15.4. The number of hydrogen-bond donors (Lipinski definition) is 0. The van der Waals surface area contributed by atoms with E-state index in [4.69, 9.17) is 0 Å². The highest BCUT2D eigenvalue weighted by Crippen LogP contribution is 2.17. The Morgan fingerprint density at radius 3 is 1.68 bits per heavy atom. The Balaban J connectivity index is 1.74. The van der Waals surface area contributed by atoms with Gasteiger partial charge in [-0.3, -0.25) is 0 Å². The van der Waals surface area contributed by atoms with Crippen molar-refractivity contribution in [3.05, 3.63) is 125 Å². The monoisotopic (exact) mass is 354 g/mol. The van der Waals surface area contributed by atoms with Crippen LogP contribution in [0.15, 0.2) is 109 Å². The van der Waals surface area contributed by atoms with Crippen LogP contribution < -0.4 is 0 Å². The Bertz CT molecular complexity index is 1180. The summed E-state index contributed by atoms with van der Waals surface area (Å²) in [6.07, 6.45) is 2.05. The molecule has 0 unspecified atom stereocenters. The number of fused-ring (bicyclic) bond motifs is 1. The maximum atomic E-state index is 3.24. The van der Waals surface area contributed by atoms with Gasteiger partial charge in [-0.15, -0.1) is 0 Å². The van der Waals surface area contributed by atoms with Crippen molar-refractivity contribution in [1.82, 2.24) is 0 Å². The maximum absolute atomic E-state index is 3.24. The summed E-state index contributed by atoms with van der Waals surface area (Å²) >= 11 is 0. The molecule has 0 saturated heterocycles. The van der Waals surface area contributed by atoms with Gasteiger partial charge in [0.05, 0.1) is 5.57 Å². The zero-order valence-electron chi connectivity index (χ0n) is 15.4. The Morgan fingerprint density at radius 1 is 0.536 bits per heavy atom. The molecule has 0 nitrogen and oxygen atoms in total. The van der Waals surface area contributed by atoms with Gasteiger partial charge in [0, 0.05) is 11.1 Å². The van der Waals surface area contributed by atoms with E-state index in [0.29, 0.717) is 0 Å². The molecule has 4 aromatic rings. The molecule has 0 fully saturated rings. The minimum atomic E-state index is 0.794. The first-order valence-electron chi connectivity index (χ1n) is 9.21. The van der Waals surface area contributed by atoms with Crippen molar-refractivity contribution in [3.8, 4) is 23.7 Å². The van der Waals surface area contributed by atoms with Crippen LogP contribution in [-0.4, -0.2) is 0 Å². The van der Waals surface area contributed by atoms with Crippen LogP contribution in [0.4, 0.5) is 0 Å². The molecule has 0 aliphatic heterocycles. The number of hydrogen-bond acceptors (Lipinski definition) is 0. The molecule has 0 atom stereocenters. The fourth-order valence-corrected chi connectivity index (χ4v) is 2.89. The summed E-state index contributed by atoms with van der Waals surface area (Å²) in [4.78, 5) is 0. The molecule has 28 heavy (non-hydrogen) atoms. The van der Waals surface area contributed by atoms with E-state index in [1.165, 1.54) is 10.8 Å². The van der Waals surface area contributed by atoms with E-state index in [2.05, 4.69) is 72.2 Å². The molecule has 130 valence electrons. The van der Waals surface area contributed by atoms with E-state index in [1.54, 1.807) is 0 Å². The molecule has 0 amide bonds. The molecule has 4 aromatic carbocycles. The molecule has 0 radical (unpaired) electrons. The summed E-state index contributed by atoms with van der Waals surface area (Å²) in [5.74, 6) is 12.9. The van der Waals surface area contributed by atoms with Gasteiger partial charge in [-0.05, 0) is 52.7 Å². The van der Waals surface area contributed by atoms with Crippen molar-refractivity contribution in [1.29, 1.82) is 0 Å². The Labute approximate surface area is 166 Å². The van der Waals surface area contributed by atoms with Crippen molar-refractivity contribution in [2.45, 2.75) is 0 Å². The molecule has 0 N–H and O–H groups in total. The lowest BCUT2D eigenvalue weighted by molar-refractivity contribution is 1.64. The quantitative estimate of drug-likeness (QED) is 0.351. The molecule has 0 bridgehead atoms. The average molecular weight is 354 g/mol. The van der Waals surface area contributed by atoms with Gasteiger partial charge in [-0.25, -0.2) is 0 Å². The molecular weight excluding hydrogens is 336 g/mol. The first-order chi connectivity index (χ1) is 13.9. The molecule has 0 heteroatoms. The van der Waals surface area contributed by atoms with Crippen molar-refractivity contribution < 1.29 is 0 Å². The normalized spacial score (nSPS) is 9.57. The molecule has 0 aromatic heterocycles. The standard InChI is InChI=1S/C28H18/c1-3-9-23(10-4-1)15-17-25(18-16-24-11-5-2-6-12-24)21-26-19-20-27-13-7-8-14-28(27)22-26/h1-14,19-22H. The van der Waals surface area contributed by atoms with E-state index < -0.39 is 0 Å². The maximum Gasteiger partial charge on any atom is 0.0757 e. The van der Waals surface area contributed by atoms with E-state index in [9.17, 15) is 0 Å². The van der Waals surface area contributed by atoms with E-state index in [1.807, 2.05) is 60.7 Å². The first-order valence-corrected chi connectivity index (χ1v) is 9.21. The average Bonchev–Trinajstić information content (AvgIpc) is 2.77. The highest BCUT2D eigenvalue weighted by atomic mass is 14.0. The van der Waals surface area contributed by atoms with Crippen LogP contribution in [0.2, 0.25) is 0 Å². The Morgan fingerprint density at radius 2 is 1.07 bits per heavy atom. The number of benzene rings is 4. The van der Waals surface area contributed by atoms with Crippen LogP contribution in [0.25, 0.3) is 16.8 Å². The molecule has 0 saturated carbocycles. The zero-order chi connectivity index (χ0) is 19.0. The molecule has 0 aliphatic carbocycles. The summed E-state index contributed by atoms with van der Waals surface area (Å²) in [5, 5.41) is 2.44. The lowest BCUT2D eigenvalue weighted by Crippen LogP contribution is -1.80. The van der Waals surface area contributed by atoms with Gasteiger partial charge >= 0.3 is 0 Å². The van der Waals surface area contributed by atoms with E-state index in [0.717, 1.165) is 22.3 Å². The van der Waals surface area contributed by atoms with Gasteiger partial charge in [0.15, 0.2) is 0 Å². The Kier molecular flexibility index (Phi) is 5.34. The second-order valence-corrected chi connectivity index (χ2v) is 6.40. The first kappa shape index (κ1) is 17.4. The highest BCUT2D eigenvalue weighted by molar-refractivity contribution is 5.85. The predicted molar refractivity (Wildman–Crippen MR) is 119 cm³/mol. The number of rotatable bonds is 1. The smallest absolute Gasteiger partial charge is 0.0622 e. The summed E-state index contributed by atoms with van der Waals surface area (Å²) < 4.78 is 0. The van der Waals surface area contributed by atoms with Crippen LogP contribution in [0, 0.1) is 23.7 Å². The lowest BCUT2D eigenvalue weighted by Gasteiger charge is -1.99. The summed E-state index contributed by atoms with van der Waals surface area (Å²) in [5.41, 5.74) is 3.85. The van der Waals surface area contributed by atoms with Gasteiger partial charge in [-0.2, -0.15) is 0 Å². The van der Waals surface area contributed by atoms with Gasteiger partial charge in [0.25, 0.3) is 0 Å². The van der Waals surface area contributed by atoms with Crippen molar-refractivity contribution in [2.75, 3.05) is 0 Å². The summed E-state index contributed by atoms with van der Waals surface area (Å²) in [6, 6.07) is 34.7. The molecule has 0 spiro atoms. The van der Waals surface area contributed by atoms with E-state index >= 15 is 0 Å². The third-order valence-electron chi connectivity index (χ3n) is 4.32. The lowest BCUT2D eigenvalue weighted by atomic mass is 10.0. The molecule has 0 heterocycles. The second kappa shape index (κ2) is 8.59. The summed E-state index contributed by atoms with van der Waals surface area (Å²) in [6.45, 7) is 0. The van der Waals surface area contributed by atoms with Crippen LogP contribution in [-0.2, 0) is 0 Å². The second-order valence-electron chi connectivity index (χ2n) is 6.40. The van der Waals surface area contributed by atoms with Crippen molar-refractivity contribution >= 4 is 16.8 Å². The van der Waals surface area contributed by atoms with E-state index in [-0.39, 0.29) is 0 Å². The third kappa shape index (κ3) is 4.59. The molecule has 4 rings (SSSR count). The fourth-order valence-electron chi connectivity index (χ4n) is 2.89. The summed E-state index contributed by atoms with van der Waals surface area (Å²) in [7, 11) is 0. The Hall–Kier alpha value is -4.00. The fraction of sp³-hybridized carbons (Fsp3) is 0. The van der Waals surface area contributed by atoms with Gasteiger partial charge in [-0.1, -0.05) is 96.5 Å². The van der Waals surface area contributed by atoms with Crippen LogP contribution >= 0.6 is 0 Å². The highest BCUT2D eigenvalue weighted by Gasteiger charge is 1.96. The topological polar surface area (TPSA) is 0 Å². The minimum Gasteiger partial charge on any atom is -0.0622 e. The van der Waals surface area contributed by atoms with Crippen molar-refractivity contribution in [2.24, 2.45) is 0 Å². The van der Waals surface area contributed by atoms with Gasteiger partial charge in [0.2, 0.25) is 0 Å². The molecular formula is C28H18. The van der Waals surface area contributed by atoms with Gasteiger partial charge in [0.1, 0.15) is 0 Å². The largest absolute Gasteiger partial charge is 0.0757 e. The van der Waals surface area contributed by atoms with Gasteiger partial charge < -0.3 is 0 Å². The van der Waals surface area contributed by atoms with Crippen LogP contribution in [0.5, 0.6) is 0 Å². The third-order valence-corrected chi connectivity index (χ3v) is 4.32. The van der Waals surface area contributed by atoms with Crippen LogP contribution in [0.3, 0.4) is 0 Å². The predicted octanol–water partition coefficient (Wildman–Crippen LogP) is 6.33. The molecule has 0 aliphatic rings. The minimum absolute atomic E-state index is 0.794. The van der Waals surface area contributed by atoms with Crippen LogP contribution in [0.1, 0.15) is 16.7 Å². The SMILES string of the molecule is C(#Cc1ccccc1)C(C#Cc1ccccc1)=Cc1ccc2ccccc2c1. The van der Waals surface area contributed by atoms with Crippen molar-refractivity contribution in [3.63, 3.8) is 0 Å².